The van der Waals surface area contributed by atoms with Gasteiger partial charge in [0.2, 0.25) is 0 Å². The second-order valence-corrected chi connectivity index (χ2v) is 4.16. The van der Waals surface area contributed by atoms with Crippen molar-refractivity contribution in [2.24, 2.45) is 0 Å². The van der Waals surface area contributed by atoms with Crippen molar-refractivity contribution in [2.45, 2.75) is 6.42 Å². The number of rotatable bonds is 5. The molecule has 1 aromatic rings. The first-order valence-electron chi connectivity index (χ1n) is 5.03. The lowest BCUT2D eigenvalue weighted by Crippen LogP contribution is -2.26. The maximum absolute atomic E-state index is 11.6. The number of hydrogen-bond acceptors (Lipinski definition) is 2. The normalized spacial score (nSPS) is 10.2. The van der Waals surface area contributed by atoms with Gasteiger partial charge in [0.15, 0.2) is 0 Å². The highest BCUT2D eigenvalue weighted by atomic mass is 35.5. The zero-order valence-electron chi connectivity index (χ0n) is 9.02. The van der Waals surface area contributed by atoms with Crippen molar-refractivity contribution < 1.29 is 4.79 Å². The molecule has 0 spiro atoms. The Balaban J connectivity index is 2.50. The molecule has 0 saturated carbocycles. The zero-order chi connectivity index (χ0) is 12.0. The van der Waals surface area contributed by atoms with Crippen LogP contribution in [0.1, 0.15) is 16.8 Å². The summed E-state index contributed by atoms with van der Waals surface area (Å²) in [6.45, 7) is 1.52. The van der Waals surface area contributed by atoms with Crippen LogP contribution in [0, 0.1) is 0 Å². The highest BCUT2D eigenvalue weighted by molar-refractivity contribution is 6.42. The van der Waals surface area contributed by atoms with E-state index in [1.807, 2.05) is 7.05 Å². The quantitative estimate of drug-likeness (QED) is 0.799. The lowest BCUT2D eigenvalue weighted by molar-refractivity contribution is 0.0953. The first-order valence-corrected chi connectivity index (χ1v) is 5.78. The van der Waals surface area contributed by atoms with Gasteiger partial charge in [0.05, 0.1) is 10.0 Å². The molecule has 0 unspecified atom stereocenters. The topological polar surface area (TPSA) is 41.1 Å². The largest absolute Gasteiger partial charge is 0.352 e. The van der Waals surface area contributed by atoms with Crippen molar-refractivity contribution in [1.29, 1.82) is 0 Å². The van der Waals surface area contributed by atoms with Crippen LogP contribution in [0.3, 0.4) is 0 Å². The average Bonchev–Trinajstić information content (AvgIpc) is 2.28. The Bertz CT molecular complexity index is 369. The van der Waals surface area contributed by atoms with Gasteiger partial charge in [-0.2, -0.15) is 0 Å². The highest BCUT2D eigenvalue weighted by Gasteiger charge is 2.06. The molecule has 1 rings (SSSR count). The Kier molecular flexibility index (Phi) is 5.60. The predicted molar refractivity (Wildman–Crippen MR) is 67.3 cm³/mol. The summed E-state index contributed by atoms with van der Waals surface area (Å²) >= 11 is 11.6. The Morgan fingerprint density at radius 3 is 2.62 bits per heavy atom. The van der Waals surface area contributed by atoms with E-state index in [9.17, 15) is 4.79 Å². The van der Waals surface area contributed by atoms with Gasteiger partial charge in [0.25, 0.3) is 5.91 Å². The molecule has 0 aliphatic heterocycles. The van der Waals surface area contributed by atoms with Gasteiger partial charge in [-0.05, 0) is 38.2 Å². The summed E-state index contributed by atoms with van der Waals surface area (Å²) in [7, 11) is 1.88. The molecule has 0 saturated heterocycles. The number of carbonyl (C=O) groups excluding carboxylic acids is 1. The van der Waals surface area contributed by atoms with Gasteiger partial charge in [-0.25, -0.2) is 0 Å². The van der Waals surface area contributed by atoms with E-state index in [1.165, 1.54) is 0 Å². The number of nitrogens with one attached hydrogen (secondary N) is 2. The summed E-state index contributed by atoms with van der Waals surface area (Å²) in [4.78, 5) is 11.6. The number of hydrogen-bond donors (Lipinski definition) is 2. The van der Waals surface area contributed by atoms with E-state index in [-0.39, 0.29) is 5.91 Å². The predicted octanol–water partition coefficient (Wildman–Crippen LogP) is 2.33. The second kappa shape index (κ2) is 6.74. The molecule has 0 radical (unpaired) electrons. The van der Waals surface area contributed by atoms with Crippen LogP contribution in [-0.4, -0.2) is 26.0 Å². The average molecular weight is 261 g/mol. The maximum atomic E-state index is 11.6. The first-order chi connectivity index (χ1) is 7.65. The van der Waals surface area contributed by atoms with Crippen LogP contribution in [0.4, 0.5) is 0 Å². The van der Waals surface area contributed by atoms with E-state index in [1.54, 1.807) is 18.2 Å². The van der Waals surface area contributed by atoms with Gasteiger partial charge < -0.3 is 10.6 Å². The van der Waals surface area contributed by atoms with Gasteiger partial charge in [0.1, 0.15) is 0 Å². The molecule has 88 valence electrons. The van der Waals surface area contributed by atoms with Crippen LogP contribution in [0.25, 0.3) is 0 Å². The minimum Gasteiger partial charge on any atom is -0.352 e. The van der Waals surface area contributed by atoms with Crippen molar-refractivity contribution in [1.82, 2.24) is 10.6 Å². The van der Waals surface area contributed by atoms with E-state index >= 15 is 0 Å². The van der Waals surface area contributed by atoms with Crippen LogP contribution in [0.5, 0.6) is 0 Å². The number of carbonyl (C=O) groups is 1. The monoisotopic (exact) mass is 260 g/mol. The molecule has 0 fully saturated rings. The second-order valence-electron chi connectivity index (χ2n) is 3.34. The van der Waals surface area contributed by atoms with Crippen molar-refractivity contribution in [3.8, 4) is 0 Å². The Morgan fingerprint density at radius 1 is 1.25 bits per heavy atom. The third-order valence-corrected chi connectivity index (χ3v) is 2.81. The molecule has 3 nitrogen and oxygen atoms in total. The first kappa shape index (κ1) is 13.3. The molecule has 0 heterocycles. The Labute approximate surface area is 105 Å². The van der Waals surface area contributed by atoms with Gasteiger partial charge in [-0.3, -0.25) is 4.79 Å². The molecule has 2 N–H and O–H groups in total. The minimum atomic E-state index is -0.130. The fourth-order valence-electron chi connectivity index (χ4n) is 1.21. The van der Waals surface area contributed by atoms with Gasteiger partial charge in [-0.1, -0.05) is 23.2 Å². The molecule has 0 atom stereocenters. The molecule has 0 aliphatic carbocycles. The van der Waals surface area contributed by atoms with Gasteiger partial charge in [0, 0.05) is 12.1 Å². The molecule has 1 aromatic carbocycles. The fraction of sp³-hybridized carbons (Fsp3) is 0.364. The Morgan fingerprint density at radius 2 is 2.00 bits per heavy atom. The standard InChI is InChI=1S/C11H14Cl2N2O/c1-14-5-2-6-15-11(16)8-3-4-9(12)10(13)7-8/h3-4,7,14H,2,5-6H2,1H3,(H,15,16). The van der Waals surface area contributed by atoms with Crippen molar-refractivity contribution >= 4 is 29.1 Å². The van der Waals surface area contributed by atoms with Crippen molar-refractivity contribution in [2.75, 3.05) is 20.1 Å². The molecule has 0 aliphatic rings. The van der Waals surface area contributed by atoms with Crippen LogP contribution >= 0.6 is 23.2 Å². The smallest absolute Gasteiger partial charge is 0.251 e. The summed E-state index contributed by atoms with van der Waals surface area (Å²) in [5.41, 5.74) is 0.527. The van der Waals surface area contributed by atoms with Crippen molar-refractivity contribution in [3.63, 3.8) is 0 Å². The third kappa shape index (κ3) is 4.00. The summed E-state index contributed by atoms with van der Waals surface area (Å²) < 4.78 is 0. The molecule has 5 heteroatoms. The van der Waals surface area contributed by atoms with E-state index in [2.05, 4.69) is 10.6 Å². The highest BCUT2D eigenvalue weighted by Crippen LogP contribution is 2.22. The van der Waals surface area contributed by atoms with E-state index in [0.29, 0.717) is 22.2 Å². The third-order valence-electron chi connectivity index (χ3n) is 2.07. The molecule has 1 amide bonds. The number of benzene rings is 1. The maximum Gasteiger partial charge on any atom is 0.251 e. The summed E-state index contributed by atoms with van der Waals surface area (Å²) in [5.74, 6) is -0.130. The zero-order valence-corrected chi connectivity index (χ0v) is 10.5. The number of halogens is 2. The lowest BCUT2D eigenvalue weighted by Gasteiger charge is -2.05. The summed E-state index contributed by atoms with van der Waals surface area (Å²) in [5, 5.41) is 6.65. The van der Waals surface area contributed by atoms with Crippen LogP contribution < -0.4 is 10.6 Å². The van der Waals surface area contributed by atoms with Gasteiger partial charge >= 0.3 is 0 Å². The van der Waals surface area contributed by atoms with E-state index < -0.39 is 0 Å². The Hall–Kier alpha value is -0.770. The van der Waals surface area contributed by atoms with Gasteiger partial charge in [-0.15, -0.1) is 0 Å². The molecule has 0 aromatic heterocycles. The SMILES string of the molecule is CNCCCNC(=O)c1ccc(Cl)c(Cl)c1. The summed E-state index contributed by atoms with van der Waals surface area (Å²) in [6, 6.07) is 4.84. The van der Waals surface area contributed by atoms with Crippen LogP contribution in [-0.2, 0) is 0 Å². The molecule has 0 bridgehead atoms. The van der Waals surface area contributed by atoms with Crippen LogP contribution in [0.2, 0.25) is 10.0 Å². The molecular weight excluding hydrogens is 247 g/mol. The summed E-state index contributed by atoms with van der Waals surface area (Å²) in [6.07, 6.45) is 0.892. The van der Waals surface area contributed by atoms with Crippen molar-refractivity contribution in [3.05, 3.63) is 33.8 Å². The molecule has 16 heavy (non-hydrogen) atoms. The van der Waals surface area contributed by atoms with E-state index in [0.717, 1.165) is 13.0 Å². The fourth-order valence-corrected chi connectivity index (χ4v) is 1.50. The number of amides is 1. The van der Waals surface area contributed by atoms with E-state index in [4.69, 9.17) is 23.2 Å². The van der Waals surface area contributed by atoms with Crippen LogP contribution in [0.15, 0.2) is 18.2 Å². The molecular formula is C11H14Cl2N2O. The minimum absolute atomic E-state index is 0.130. The lowest BCUT2D eigenvalue weighted by atomic mass is 10.2.